The Bertz CT molecular complexity index is 211. The highest BCUT2D eigenvalue weighted by molar-refractivity contribution is 6.36. The fourth-order valence-electron chi connectivity index (χ4n) is 2.11. The van der Waals surface area contributed by atoms with E-state index >= 15 is 0 Å². The zero-order valence-electron chi connectivity index (χ0n) is 7.73. The van der Waals surface area contributed by atoms with Gasteiger partial charge in [0.1, 0.15) is 0 Å². The van der Waals surface area contributed by atoms with E-state index in [1.54, 1.807) is 0 Å². The standard InChI is InChI=1S/C10H15Cl2N/c11-7-9(12)8-13-5-3-10(1-2-10)4-6-13/h7H,1-6,8H2/b9-7+. The average molecular weight is 220 g/mol. The molecule has 0 aromatic carbocycles. The largest absolute Gasteiger partial charge is 0.298 e. The maximum atomic E-state index is 5.87. The second-order valence-corrected chi connectivity index (χ2v) is 5.04. The van der Waals surface area contributed by atoms with Gasteiger partial charge in [0.15, 0.2) is 0 Å². The molecular formula is C10H15Cl2N. The smallest absolute Gasteiger partial charge is 0.0434 e. The summed E-state index contributed by atoms with van der Waals surface area (Å²) >= 11 is 11.4. The highest BCUT2D eigenvalue weighted by Gasteiger charge is 2.44. The molecule has 0 N–H and O–H groups in total. The van der Waals surface area contributed by atoms with Gasteiger partial charge in [0.05, 0.1) is 0 Å². The Hall–Kier alpha value is 0.280. The molecule has 1 aliphatic heterocycles. The summed E-state index contributed by atoms with van der Waals surface area (Å²) in [5.41, 5.74) is 2.23. The van der Waals surface area contributed by atoms with Crippen LogP contribution in [0, 0.1) is 5.41 Å². The van der Waals surface area contributed by atoms with Crippen LogP contribution in [0.3, 0.4) is 0 Å². The molecule has 0 unspecified atom stereocenters. The van der Waals surface area contributed by atoms with Crippen molar-refractivity contribution in [1.29, 1.82) is 0 Å². The van der Waals surface area contributed by atoms with Gasteiger partial charge < -0.3 is 0 Å². The van der Waals surface area contributed by atoms with Gasteiger partial charge in [-0.2, -0.15) is 0 Å². The summed E-state index contributed by atoms with van der Waals surface area (Å²) in [6.07, 6.45) is 5.64. The molecule has 0 aromatic rings. The SMILES string of the molecule is Cl/C=C(/Cl)CN1CCC2(CC1)CC2. The summed E-state index contributed by atoms with van der Waals surface area (Å²) < 4.78 is 0. The highest BCUT2D eigenvalue weighted by Crippen LogP contribution is 2.53. The first kappa shape index (κ1) is 9.82. The molecule has 0 atom stereocenters. The molecule has 1 nitrogen and oxygen atoms in total. The Balaban J connectivity index is 1.78. The molecule has 0 radical (unpaired) electrons. The van der Waals surface area contributed by atoms with Gasteiger partial charge in [-0.25, -0.2) is 0 Å². The van der Waals surface area contributed by atoms with Crippen molar-refractivity contribution in [3.63, 3.8) is 0 Å². The lowest BCUT2D eigenvalue weighted by molar-refractivity contribution is 0.187. The molecule has 2 fully saturated rings. The summed E-state index contributed by atoms with van der Waals surface area (Å²) in [6, 6.07) is 0. The van der Waals surface area contributed by atoms with E-state index in [1.165, 1.54) is 44.3 Å². The van der Waals surface area contributed by atoms with Crippen molar-refractivity contribution in [2.75, 3.05) is 19.6 Å². The third-order valence-corrected chi connectivity index (χ3v) is 3.97. The van der Waals surface area contributed by atoms with E-state index < -0.39 is 0 Å². The molecule has 1 spiro atoms. The zero-order valence-corrected chi connectivity index (χ0v) is 9.24. The van der Waals surface area contributed by atoms with E-state index in [9.17, 15) is 0 Å². The van der Waals surface area contributed by atoms with Crippen molar-refractivity contribution in [3.05, 3.63) is 10.6 Å². The monoisotopic (exact) mass is 219 g/mol. The highest BCUT2D eigenvalue weighted by atomic mass is 35.5. The van der Waals surface area contributed by atoms with Crippen molar-refractivity contribution in [2.45, 2.75) is 25.7 Å². The number of likely N-dealkylation sites (tertiary alicyclic amines) is 1. The molecule has 2 aliphatic rings. The van der Waals surface area contributed by atoms with Gasteiger partial charge in [0, 0.05) is 17.1 Å². The van der Waals surface area contributed by atoms with E-state index in [1.807, 2.05) is 0 Å². The van der Waals surface area contributed by atoms with E-state index in [0.717, 1.165) is 17.0 Å². The third kappa shape index (κ3) is 2.39. The number of hydrogen-bond donors (Lipinski definition) is 0. The minimum absolute atomic E-state index is 0.758. The van der Waals surface area contributed by atoms with E-state index in [0.29, 0.717) is 0 Å². The lowest BCUT2D eigenvalue weighted by Crippen LogP contribution is -2.35. The topological polar surface area (TPSA) is 3.24 Å². The van der Waals surface area contributed by atoms with Gasteiger partial charge in [-0.15, -0.1) is 0 Å². The molecule has 0 aromatic heterocycles. The minimum Gasteiger partial charge on any atom is -0.298 e. The second kappa shape index (κ2) is 3.80. The maximum Gasteiger partial charge on any atom is 0.0434 e. The molecule has 1 heterocycles. The normalized spacial score (nSPS) is 28.0. The van der Waals surface area contributed by atoms with Gasteiger partial charge in [-0.05, 0) is 44.2 Å². The molecule has 0 bridgehead atoms. The van der Waals surface area contributed by atoms with Crippen LogP contribution >= 0.6 is 23.2 Å². The summed E-state index contributed by atoms with van der Waals surface area (Å²) in [4.78, 5) is 2.39. The lowest BCUT2D eigenvalue weighted by atomic mass is 9.94. The summed E-state index contributed by atoms with van der Waals surface area (Å²) in [5.74, 6) is 0. The third-order valence-electron chi connectivity index (χ3n) is 3.37. The Morgan fingerprint density at radius 1 is 1.23 bits per heavy atom. The van der Waals surface area contributed by atoms with Gasteiger partial charge in [0.25, 0.3) is 0 Å². The second-order valence-electron chi connectivity index (χ2n) is 4.33. The predicted octanol–water partition coefficient (Wildman–Crippen LogP) is 3.18. The average Bonchev–Trinajstić information content (AvgIpc) is 2.90. The lowest BCUT2D eigenvalue weighted by Gasteiger charge is -2.31. The first-order valence-corrected chi connectivity index (χ1v) is 5.73. The molecule has 13 heavy (non-hydrogen) atoms. The van der Waals surface area contributed by atoms with E-state index in [4.69, 9.17) is 23.2 Å². The first-order chi connectivity index (χ1) is 6.24. The van der Waals surface area contributed by atoms with Crippen LogP contribution in [0.5, 0.6) is 0 Å². The van der Waals surface area contributed by atoms with Gasteiger partial charge in [0.2, 0.25) is 0 Å². The molecule has 3 heteroatoms. The van der Waals surface area contributed by atoms with Gasteiger partial charge in [-0.3, -0.25) is 4.90 Å². The van der Waals surface area contributed by atoms with Crippen molar-refractivity contribution >= 4 is 23.2 Å². The van der Waals surface area contributed by atoms with Crippen LogP contribution in [-0.2, 0) is 0 Å². The molecule has 1 saturated carbocycles. The quantitative estimate of drug-likeness (QED) is 0.690. The van der Waals surface area contributed by atoms with Crippen molar-refractivity contribution in [2.24, 2.45) is 5.41 Å². The van der Waals surface area contributed by atoms with Crippen LogP contribution in [0.1, 0.15) is 25.7 Å². The molecule has 1 saturated heterocycles. The van der Waals surface area contributed by atoms with Crippen molar-refractivity contribution < 1.29 is 0 Å². The predicted molar refractivity (Wildman–Crippen MR) is 57.1 cm³/mol. The summed E-state index contributed by atoms with van der Waals surface area (Å²) in [5, 5.41) is 0.758. The summed E-state index contributed by atoms with van der Waals surface area (Å²) in [6.45, 7) is 3.23. The van der Waals surface area contributed by atoms with Crippen LogP contribution in [-0.4, -0.2) is 24.5 Å². The maximum absolute atomic E-state index is 5.87. The fraction of sp³-hybridized carbons (Fsp3) is 0.800. The molecule has 2 rings (SSSR count). The first-order valence-electron chi connectivity index (χ1n) is 4.91. The van der Waals surface area contributed by atoms with E-state index in [2.05, 4.69) is 4.90 Å². The Morgan fingerprint density at radius 3 is 2.31 bits per heavy atom. The number of nitrogens with zero attached hydrogens (tertiary/aromatic N) is 1. The van der Waals surface area contributed by atoms with Crippen LogP contribution in [0.15, 0.2) is 10.6 Å². The van der Waals surface area contributed by atoms with Crippen molar-refractivity contribution in [3.8, 4) is 0 Å². The molecule has 0 amide bonds. The molecule has 74 valence electrons. The molecular weight excluding hydrogens is 205 g/mol. The number of piperidine rings is 1. The summed E-state index contributed by atoms with van der Waals surface area (Å²) in [7, 11) is 0. The van der Waals surface area contributed by atoms with Crippen LogP contribution in [0.2, 0.25) is 0 Å². The molecule has 1 aliphatic carbocycles. The van der Waals surface area contributed by atoms with Crippen LogP contribution in [0.25, 0.3) is 0 Å². The zero-order chi connectivity index (χ0) is 9.31. The Labute approximate surface area is 89.7 Å². The van der Waals surface area contributed by atoms with Gasteiger partial charge >= 0.3 is 0 Å². The van der Waals surface area contributed by atoms with Gasteiger partial charge in [-0.1, -0.05) is 23.2 Å². The Kier molecular flexibility index (Phi) is 2.87. The minimum atomic E-state index is 0.758. The Morgan fingerprint density at radius 2 is 1.85 bits per heavy atom. The fourth-order valence-corrected chi connectivity index (χ4v) is 2.35. The van der Waals surface area contributed by atoms with Crippen LogP contribution < -0.4 is 0 Å². The van der Waals surface area contributed by atoms with Crippen LogP contribution in [0.4, 0.5) is 0 Å². The number of halogens is 2. The number of rotatable bonds is 2. The number of hydrogen-bond acceptors (Lipinski definition) is 1. The van der Waals surface area contributed by atoms with Crippen molar-refractivity contribution in [1.82, 2.24) is 4.90 Å². The van der Waals surface area contributed by atoms with E-state index in [-0.39, 0.29) is 0 Å².